The number of carbonyl (C=O) groups excluding carboxylic acids is 2. The molecule has 1 saturated heterocycles. The summed E-state index contributed by atoms with van der Waals surface area (Å²) in [5.41, 5.74) is -0.894. The predicted molar refractivity (Wildman–Crippen MR) is 56.7 cm³/mol. The number of hydrogen-bond donors (Lipinski definition) is 3. The molecule has 6 nitrogen and oxygen atoms in total. The van der Waals surface area contributed by atoms with E-state index in [9.17, 15) is 9.59 Å². The van der Waals surface area contributed by atoms with Gasteiger partial charge in [-0.25, -0.2) is 0 Å². The van der Waals surface area contributed by atoms with E-state index in [1.807, 2.05) is 0 Å². The summed E-state index contributed by atoms with van der Waals surface area (Å²) in [7, 11) is 1.56. The molecule has 1 fully saturated rings. The van der Waals surface area contributed by atoms with Crippen molar-refractivity contribution in [1.29, 1.82) is 0 Å². The third kappa shape index (κ3) is 1.73. The van der Waals surface area contributed by atoms with Gasteiger partial charge in [0.05, 0.1) is 18.8 Å². The molecule has 0 bridgehead atoms. The maximum absolute atomic E-state index is 12.0. The van der Waals surface area contributed by atoms with Crippen molar-refractivity contribution >= 4 is 11.7 Å². The summed E-state index contributed by atoms with van der Waals surface area (Å²) >= 11 is 0. The molecular weight excluding hydrogens is 212 g/mol. The number of likely N-dealkylation sites (N-methyl/N-ethyl adjacent to an activating group) is 1. The van der Waals surface area contributed by atoms with Crippen LogP contribution in [0.2, 0.25) is 0 Å². The lowest BCUT2D eigenvalue weighted by atomic mass is 9.79. The SMILES string of the molecule is CN[C@@H](CO)C(=O)N1[C@@H](CO)C(=O)C1(C)C. The van der Waals surface area contributed by atoms with Gasteiger partial charge >= 0.3 is 0 Å². The Balaban J connectivity index is 2.86. The average molecular weight is 230 g/mol. The third-order valence-corrected chi connectivity index (χ3v) is 3.06. The lowest BCUT2D eigenvalue weighted by Crippen LogP contribution is -2.76. The van der Waals surface area contributed by atoms with Gasteiger partial charge in [-0.05, 0) is 20.9 Å². The zero-order chi connectivity index (χ0) is 12.5. The van der Waals surface area contributed by atoms with Crippen LogP contribution in [0.15, 0.2) is 0 Å². The van der Waals surface area contributed by atoms with Gasteiger partial charge in [0.2, 0.25) is 5.91 Å². The Morgan fingerprint density at radius 1 is 1.56 bits per heavy atom. The standard InChI is InChI=1S/C10H18N2O4/c1-10(2)8(15)7(5-14)12(10)9(16)6(4-13)11-3/h6-7,11,13-14H,4-5H2,1-3H3/t6-,7-/m0/s1. The van der Waals surface area contributed by atoms with Gasteiger partial charge in [-0.2, -0.15) is 0 Å². The van der Waals surface area contributed by atoms with Crippen molar-refractivity contribution in [2.45, 2.75) is 31.5 Å². The highest BCUT2D eigenvalue weighted by atomic mass is 16.3. The second-order valence-electron chi connectivity index (χ2n) is 4.35. The van der Waals surface area contributed by atoms with Crippen molar-refractivity contribution < 1.29 is 19.8 Å². The van der Waals surface area contributed by atoms with Crippen molar-refractivity contribution in [3.05, 3.63) is 0 Å². The van der Waals surface area contributed by atoms with Crippen molar-refractivity contribution in [2.75, 3.05) is 20.3 Å². The number of hydrogen-bond acceptors (Lipinski definition) is 5. The van der Waals surface area contributed by atoms with Crippen LogP contribution in [0.5, 0.6) is 0 Å². The topological polar surface area (TPSA) is 89.9 Å². The van der Waals surface area contributed by atoms with E-state index in [0.717, 1.165) is 0 Å². The summed E-state index contributed by atoms with van der Waals surface area (Å²) in [6.45, 7) is 2.54. The predicted octanol–water partition coefficient (Wildman–Crippen LogP) is -1.88. The third-order valence-electron chi connectivity index (χ3n) is 3.06. The van der Waals surface area contributed by atoms with Gasteiger partial charge in [-0.3, -0.25) is 9.59 Å². The largest absolute Gasteiger partial charge is 0.394 e. The van der Waals surface area contributed by atoms with Crippen molar-refractivity contribution in [3.63, 3.8) is 0 Å². The second-order valence-corrected chi connectivity index (χ2v) is 4.35. The van der Waals surface area contributed by atoms with E-state index in [-0.39, 0.29) is 24.9 Å². The van der Waals surface area contributed by atoms with Gasteiger partial charge in [-0.15, -0.1) is 0 Å². The van der Waals surface area contributed by atoms with Gasteiger partial charge in [0.1, 0.15) is 12.1 Å². The van der Waals surface area contributed by atoms with Gasteiger partial charge in [0.25, 0.3) is 0 Å². The summed E-state index contributed by atoms with van der Waals surface area (Å²) in [6.07, 6.45) is 0. The van der Waals surface area contributed by atoms with Gasteiger partial charge in [0, 0.05) is 0 Å². The van der Waals surface area contributed by atoms with Crippen molar-refractivity contribution in [2.24, 2.45) is 0 Å². The highest BCUT2D eigenvalue weighted by Crippen LogP contribution is 2.32. The van der Waals surface area contributed by atoms with Gasteiger partial charge in [-0.1, -0.05) is 0 Å². The van der Waals surface area contributed by atoms with E-state index in [0.29, 0.717) is 0 Å². The number of likely N-dealkylation sites (tertiary alicyclic amines) is 1. The van der Waals surface area contributed by atoms with E-state index in [4.69, 9.17) is 10.2 Å². The Labute approximate surface area is 94.2 Å². The molecule has 0 aromatic carbocycles. The molecule has 0 spiro atoms. The minimum Gasteiger partial charge on any atom is -0.394 e. The molecule has 0 aromatic heterocycles. The van der Waals surface area contributed by atoms with Crippen molar-refractivity contribution in [3.8, 4) is 0 Å². The Bertz CT molecular complexity index is 299. The first-order valence-electron chi connectivity index (χ1n) is 5.18. The van der Waals surface area contributed by atoms with E-state index in [1.54, 1.807) is 20.9 Å². The second kappa shape index (κ2) is 4.48. The molecule has 0 radical (unpaired) electrons. The average Bonchev–Trinajstić information content (AvgIpc) is 2.25. The Morgan fingerprint density at radius 3 is 2.50 bits per heavy atom. The molecule has 0 aliphatic carbocycles. The normalized spacial score (nSPS) is 25.2. The molecule has 1 rings (SSSR count). The molecule has 1 aliphatic rings. The quantitative estimate of drug-likeness (QED) is 0.526. The molecular formula is C10H18N2O4. The summed E-state index contributed by atoms with van der Waals surface area (Å²) in [6, 6.07) is -1.51. The van der Waals surface area contributed by atoms with Crippen LogP contribution in [0.4, 0.5) is 0 Å². The number of carbonyl (C=O) groups is 2. The fourth-order valence-corrected chi connectivity index (χ4v) is 2.02. The van der Waals surface area contributed by atoms with Gasteiger partial charge in [0.15, 0.2) is 5.78 Å². The van der Waals surface area contributed by atoms with Crippen LogP contribution < -0.4 is 5.32 Å². The summed E-state index contributed by atoms with van der Waals surface area (Å²) < 4.78 is 0. The maximum atomic E-state index is 12.0. The Hall–Kier alpha value is -0.980. The van der Waals surface area contributed by atoms with Crippen LogP contribution in [0, 0.1) is 0 Å². The van der Waals surface area contributed by atoms with Crippen LogP contribution in [0.1, 0.15) is 13.8 Å². The van der Waals surface area contributed by atoms with E-state index in [2.05, 4.69) is 5.32 Å². The number of Topliss-reactive ketones (excluding diaryl/α,β-unsaturated/α-hetero) is 1. The van der Waals surface area contributed by atoms with Crippen LogP contribution in [0.25, 0.3) is 0 Å². The minimum absolute atomic E-state index is 0.156. The fraction of sp³-hybridized carbons (Fsp3) is 0.800. The first kappa shape index (κ1) is 13.1. The Kier molecular flexibility index (Phi) is 3.67. The smallest absolute Gasteiger partial charge is 0.243 e. The zero-order valence-electron chi connectivity index (χ0n) is 9.73. The summed E-state index contributed by atoms with van der Waals surface area (Å²) in [5, 5.41) is 20.7. The number of nitrogens with zero attached hydrogens (tertiary/aromatic N) is 1. The first-order chi connectivity index (χ1) is 7.41. The number of nitrogens with one attached hydrogen (secondary N) is 1. The Morgan fingerprint density at radius 2 is 2.12 bits per heavy atom. The molecule has 0 saturated carbocycles. The maximum Gasteiger partial charge on any atom is 0.243 e. The fourth-order valence-electron chi connectivity index (χ4n) is 2.02. The highest BCUT2D eigenvalue weighted by molar-refractivity contribution is 6.06. The number of ketones is 1. The molecule has 0 unspecified atom stereocenters. The van der Waals surface area contributed by atoms with E-state index >= 15 is 0 Å². The summed E-state index contributed by atoms with van der Waals surface area (Å²) in [4.78, 5) is 24.9. The lowest BCUT2D eigenvalue weighted by molar-refractivity contribution is -0.173. The minimum atomic E-state index is -0.894. The molecule has 1 heterocycles. The van der Waals surface area contributed by atoms with Crippen LogP contribution in [-0.4, -0.2) is 64.7 Å². The molecule has 92 valence electrons. The monoisotopic (exact) mass is 230 g/mol. The zero-order valence-corrected chi connectivity index (χ0v) is 9.73. The highest BCUT2D eigenvalue weighted by Gasteiger charge is 2.56. The number of aliphatic hydroxyl groups is 2. The molecule has 0 aromatic rings. The lowest BCUT2D eigenvalue weighted by Gasteiger charge is -2.53. The first-order valence-corrected chi connectivity index (χ1v) is 5.18. The molecule has 2 atom stereocenters. The molecule has 3 N–H and O–H groups in total. The summed E-state index contributed by atoms with van der Waals surface area (Å²) in [5.74, 6) is -0.523. The van der Waals surface area contributed by atoms with Crippen LogP contribution in [-0.2, 0) is 9.59 Å². The van der Waals surface area contributed by atoms with Crippen LogP contribution in [0.3, 0.4) is 0 Å². The van der Waals surface area contributed by atoms with Crippen LogP contribution >= 0.6 is 0 Å². The number of rotatable bonds is 4. The molecule has 1 aliphatic heterocycles. The van der Waals surface area contributed by atoms with Crippen molar-refractivity contribution in [1.82, 2.24) is 10.2 Å². The number of aliphatic hydroxyl groups excluding tert-OH is 2. The van der Waals surface area contributed by atoms with Gasteiger partial charge < -0.3 is 20.4 Å². The molecule has 1 amide bonds. The van der Waals surface area contributed by atoms with E-state index < -0.39 is 17.6 Å². The number of amides is 1. The molecule has 16 heavy (non-hydrogen) atoms. The van der Waals surface area contributed by atoms with E-state index in [1.165, 1.54) is 4.90 Å². The molecule has 6 heteroatoms.